The molecule has 0 aliphatic heterocycles. The van der Waals surface area contributed by atoms with Crippen molar-refractivity contribution >= 4 is 21.9 Å². The van der Waals surface area contributed by atoms with Crippen LogP contribution in [0.4, 0.5) is 0 Å². The summed E-state index contributed by atoms with van der Waals surface area (Å²) in [5, 5.41) is 3.93. The predicted octanol–water partition coefficient (Wildman–Crippen LogP) is 4.35. The van der Waals surface area contributed by atoms with Crippen LogP contribution in [-0.2, 0) is 29.0 Å². The first kappa shape index (κ1) is 17.4. The van der Waals surface area contributed by atoms with Crippen LogP contribution < -0.4 is 0 Å². The minimum Gasteiger partial charge on any atom is -0.455 e. The maximum Gasteiger partial charge on any atom is 0.310 e. The Morgan fingerprint density at radius 3 is 2.44 bits per heavy atom. The second-order valence-corrected chi connectivity index (χ2v) is 6.44. The third kappa shape index (κ3) is 4.76. The van der Waals surface area contributed by atoms with E-state index in [1.54, 1.807) is 0 Å². The third-order valence-corrected chi connectivity index (χ3v) is 4.24. The van der Waals surface area contributed by atoms with Crippen LogP contribution in [0, 0.1) is 0 Å². The molecule has 128 valence electrons. The quantitative estimate of drug-likeness (QED) is 0.575. The van der Waals surface area contributed by atoms with Gasteiger partial charge in [-0.1, -0.05) is 64.4 Å². The molecule has 0 spiro atoms. The highest BCUT2D eigenvalue weighted by molar-refractivity contribution is 9.10. The standard InChI is InChI=1S/C19H17BrN2O3/c1-2-13-3-7-15(8-4-13)19-21-17(25-22-19)12-24-18(23)11-14-5-9-16(20)10-6-14/h3-10H,2,11-12H2,1H3. The van der Waals surface area contributed by atoms with Gasteiger partial charge in [-0.25, -0.2) is 0 Å². The Morgan fingerprint density at radius 1 is 1.08 bits per heavy atom. The number of esters is 1. The molecule has 0 aliphatic rings. The van der Waals surface area contributed by atoms with Gasteiger partial charge in [0.1, 0.15) is 0 Å². The van der Waals surface area contributed by atoms with Gasteiger partial charge >= 0.3 is 5.97 Å². The van der Waals surface area contributed by atoms with E-state index < -0.39 is 0 Å². The Bertz CT molecular complexity index is 842. The van der Waals surface area contributed by atoms with E-state index in [1.165, 1.54) is 5.56 Å². The van der Waals surface area contributed by atoms with Crippen molar-refractivity contribution in [1.29, 1.82) is 0 Å². The van der Waals surface area contributed by atoms with Crippen LogP contribution in [0.5, 0.6) is 0 Å². The lowest BCUT2D eigenvalue weighted by atomic mass is 10.1. The maximum absolute atomic E-state index is 11.9. The Morgan fingerprint density at radius 2 is 1.76 bits per heavy atom. The van der Waals surface area contributed by atoms with Gasteiger partial charge < -0.3 is 9.26 Å². The molecule has 25 heavy (non-hydrogen) atoms. The van der Waals surface area contributed by atoms with Crippen LogP contribution in [-0.4, -0.2) is 16.1 Å². The van der Waals surface area contributed by atoms with E-state index in [1.807, 2.05) is 48.5 Å². The monoisotopic (exact) mass is 400 g/mol. The Kier molecular flexibility index (Phi) is 5.60. The fraction of sp³-hybridized carbons (Fsp3) is 0.211. The number of hydrogen-bond donors (Lipinski definition) is 0. The van der Waals surface area contributed by atoms with Crippen LogP contribution in [0.2, 0.25) is 0 Å². The Hall–Kier alpha value is -2.47. The second kappa shape index (κ2) is 8.07. The fourth-order valence-corrected chi connectivity index (χ4v) is 2.55. The molecule has 0 saturated heterocycles. The number of nitrogens with zero attached hydrogens (tertiary/aromatic N) is 2. The van der Waals surface area contributed by atoms with Crippen molar-refractivity contribution in [2.45, 2.75) is 26.4 Å². The van der Waals surface area contributed by atoms with Crippen LogP contribution in [0.1, 0.15) is 23.9 Å². The maximum atomic E-state index is 11.9. The number of hydrogen-bond acceptors (Lipinski definition) is 5. The Balaban J connectivity index is 1.55. The fourth-order valence-electron chi connectivity index (χ4n) is 2.28. The van der Waals surface area contributed by atoms with E-state index in [4.69, 9.17) is 9.26 Å². The zero-order valence-corrected chi connectivity index (χ0v) is 15.3. The van der Waals surface area contributed by atoms with Gasteiger partial charge in [-0.05, 0) is 29.7 Å². The van der Waals surface area contributed by atoms with Crippen LogP contribution in [0.15, 0.2) is 57.5 Å². The van der Waals surface area contributed by atoms with Crippen molar-refractivity contribution in [2.24, 2.45) is 0 Å². The van der Waals surface area contributed by atoms with E-state index in [2.05, 4.69) is 33.0 Å². The first-order valence-corrected chi connectivity index (χ1v) is 8.75. The molecule has 1 aromatic heterocycles. The second-order valence-electron chi connectivity index (χ2n) is 5.53. The molecule has 0 atom stereocenters. The number of carbonyl (C=O) groups excluding carboxylic acids is 1. The summed E-state index contributed by atoms with van der Waals surface area (Å²) in [7, 11) is 0. The lowest BCUT2D eigenvalue weighted by Gasteiger charge is -2.02. The zero-order chi connectivity index (χ0) is 17.6. The van der Waals surface area contributed by atoms with E-state index >= 15 is 0 Å². The number of rotatable bonds is 6. The highest BCUT2D eigenvalue weighted by Gasteiger charge is 2.11. The lowest BCUT2D eigenvalue weighted by molar-refractivity contribution is -0.144. The van der Waals surface area contributed by atoms with Gasteiger partial charge in [-0.2, -0.15) is 4.98 Å². The van der Waals surface area contributed by atoms with Crippen LogP contribution in [0.3, 0.4) is 0 Å². The van der Waals surface area contributed by atoms with E-state index in [-0.39, 0.29) is 24.9 Å². The largest absolute Gasteiger partial charge is 0.455 e. The summed E-state index contributed by atoms with van der Waals surface area (Å²) >= 11 is 3.36. The van der Waals surface area contributed by atoms with Gasteiger partial charge in [-0.15, -0.1) is 0 Å². The minimum atomic E-state index is -0.339. The molecule has 3 rings (SSSR count). The molecule has 0 fully saturated rings. The third-order valence-electron chi connectivity index (χ3n) is 3.71. The van der Waals surface area contributed by atoms with Crippen molar-refractivity contribution < 1.29 is 14.1 Å². The summed E-state index contributed by atoms with van der Waals surface area (Å²) in [5.41, 5.74) is 3.00. The molecule has 0 N–H and O–H groups in total. The molecule has 0 unspecified atom stereocenters. The number of aryl methyl sites for hydroxylation is 1. The summed E-state index contributed by atoms with van der Waals surface area (Å²) in [6.07, 6.45) is 1.18. The first-order chi connectivity index (χ1) is 12.1. The summed E-state index contributed by atoms with van der Waals surface area (Å²) in [5.74, 6) is 0.426. The molecule has 5 nitrogen and oxygen atoms in total. The molecule has 0 saturated carbocycles. The van der Waals surface area contributed by atoms with Crippen molar-refractivity contribution in [3.8, 4) is 11.4 Å². The van der Waals surface area contributed by atoms with Crippen molar-refractivity contribution in [2.75, 3.05) is 0 Å². The number of aromatic nitrogens is 2. The average molecular weight is 401 g/mol. The predicted molar refractivity (Wildman–Crippen MR) is 96.8 cm³/mol. The molecule has 2 aromatic carbocycles. The van der Waals surface area contributed by atoms with Crippen molar-refractivity contribution in [3.63, 3.8) is 0 Å². The zero-order valence-electron chi connectivity index (χ0n) is 13.7. The van der Waals surface area contributed by atoms with E-state index in [0.29, 0.717) is 5.82 Å². The number of ether oxygens (including phenoxy) is 1. The van der Waals surface area contributed by atoms with Crippen molar-refractivity contribution in [3.05, 3.63) is 70.0 Å². The number of carbonyl (C=O) groups is 1. The molecule has 6 heteroatoms. The van der Waals surface area contributed by atoms with Crippen molar-refractivity contribution in [1.82, 2.24) is 10.1 Å². The van der Waals surface area contributed by atoms with Crippen LogP contribution >= 0.6 is 15.9 Å². The van der Waals surface area contributed by atoms with Gasteiger partial charge in [0.05, 0.1) is 6.42 Å². The SMILES string of the molecule is CCc1ccc(-c2noc(COC(=O)Cc3ccc(Br)cc3)n2)cc1. The van der Waals surface area contributed by atoms with E-state index in [0.717, 1.165) is 22.0 Å². The Labute approximate surface area is 154 Å². The molecule has 3 aromatic rings. The van der Waals surface area contributed by atoms with E-state index in [9.17, 15) is 4.79 Å². The average Bonchev–Trinajstić information content (AvgIpc) is 3.11. The van der Waals surface area contributed by atoms with Gasteiger partial charge in [0, 0.05) is 10.0 Å². The highest BCUT2D eigenvalue weighted by Crippen LogP contribution is 2.17. The molecular weight excluding hydrogens is 384 g/mol. The highest BCUT2D eigenvalue weighted by atomic mass is 79.9. The number of benzene rings is 2. The first-order valence-electron chi connectivity index (χ1n) is 7.96. The molecule has 0 aliphatic carbocycles. The molecule has 0 radical (unpaired) electrons. The molecule has 0 bridgehead atoms. The van der Waals surface area contributed by atoms with Gasteiger partial charge in [0.2, 0.25) is 5.82 Å². The number of halogens is 1. The summed E-state index contributed by atoms with van der Waals surface area (Å²) < 4.78 is 11.3. The van der Waals surface area contributed by atoms with Gasteiger partial charge in [0.25, 0.3) is 5.89 Å². The summed E-state index contributed by atoms with van der Waals surface area (Å²) in [4.78, 5) is 16.2. The topological polar surface area (TPSA) is 65.2 Å². The molecular formula is C19H17BrN2O3. The molecule has 1 heterocycles. The van der Waals surface area contributed by atoms with Crippen LogP contribution in [0.25, 0.3) is 11.4 Å². The normalized spacial score (nSPS) is 10.6. The minimum absolute atomic E-state index is 0.0323. The van der Waals surface area contributed by atoms with Gasteiger partial charge in [0.15, 0.2) is 6.61 Å². The summed E-state index contributed by atoms with van der Waals surface area (Å²) in [6.45, 7) is 2.07. The van der Waals surface area contributed by atoms with Gasteiger partial charge in [-0.3, -0.25) is 4.79 Å². The summed E-state index contributed by atoms with van der Waals surface area (Å²) in [6, 6.07) is 15.5. The smallest absolute Gasteiger partial charge is 0.310 e. The lowest BCUT2D eigenvalue weighted by Crippen LogP contribution is -2.08. The molecule has 0 amide bonds.